The van der Waals surface area contributed by atoms with Gasteiger partial charge in [-0.05, 0) is 6.92 Å². The topological polar surface area (TPSA) is 250 Å². The maximum absolute atomic E-state index is 11.6. The van der Waals surface area contributed by atoms with Gasteiger partial charge in [-0.15, -0.1) is 0 Å². The molecule has 0 bridgehead atoms. The summed E-state index contributed by atoms with van der Waals surface area (Å²) >= 11 is 0. The predicted octanol–water partition coefficient (Wildman–Crippen LogP) is -4.91. The summed E-state index contributed by atoms with van der Waals surface area (Å²) in [6, 6.07) is -3.78. The maximum Gasteiger partial charge on any atom is 0.364 e. The summed E-state index contributed by atoms with van der Waals surface area (Å²) in [4.78, 5) is 34.7. The molecule has 15 nitrogen and oxygen atoms in total. The second-order valence-corrected chi connectivity index (χ2v) is 8.52. The van der Waals surface area contributed by atoms with E-state index in [0.717, 1.165) is 13.8 Å². The van der Waals surface area contributed by atoms with Crippen molar-refractivity contribution in [2.45, 2.75) is 94.0 Å². The number of carbonyl (C=O) groups excluding carboxylic acids is 2. The third-order valence-corrected chi connectivity index (χ3v) is 5.81. The fraction of sp³-hybridized carbons (Fsp3) is 0.842. The summed E-state index contributed by atoms with van der Waals surface area (Å²) in [7, 11) is 0. The lowest BCUT2D eigenvalue weighted by Gasteiger charge is -2.47. The number of hydrogen-bond acceptors (Lipinski definition) is 12. The van der Waals surface area contributed by atoms with Crippen LogP contribution in [0.3, 0.4) is 0 Å². The van der Waals surface area contributed by atoms with Crippen LogP contribution in [-0.2, 0) is 28.6 Å². The van der Waals surface area contributed by atoms with Crippen molar-refractivity contribution in [3.63, 3.8) is 0 Å². The molecule has 196 valence electrons. The zero-order chi connectivity index (χ0) is 26.0. The van der Waals surface area contributed by atoms with Crippen LogP contribution in [0, 0.1) is 0 Å². The average Bonchev–Trinajstić information content (AvgIpc) is 2.73. The van der Waals surface area contributed by atoms with Crippen LogP contribution in [0.25, 0.3) is 0 Å². The van der Waals surface area contributed by atoms with Crippen LogP contribution in [0.1, 0.15) is 27.2 Å². The van der Waals surface area contributed by atoms with Crippen molar-refractivity contribution in [1.82, 2.24) is 10.6 Å². The summed E-state index contributed by atoms with van der Waals surface area (Å²) in [5, 5.41) is 64.8. The first-order valence-corrected chi connectivity index (χ1v) is 10.6. The number of nitrogens with one attached hydrogen (secondary N) is 2. The third-order valence-electron chi connectivity index (χ3n) is 5.81. The molecule has 0 aromatic heterocycles. The van der Waals surface area contributed by atoms with Gasteiger partial charge in [-0.2, -0.15) is 0 Å². The molecule has 2 fully saturated rings. The van der Waals surface area contributed by atoms with Gasteiger partial charge < -0.3 is 61.2 Å². The van der Waals surface area contributed by atoms with E-state index in [1.54, 1.807) is 0 Å². The zero-order valence-corrected chi connectivity index (χ0v) is 18.9. The quantitative estimate of drug-likeness (QED) is 0.153. The van der Waals surface area contributed by atoms with Gasteiger partial charge in [0.2, 0.25) is 11.8 Å². The Bertz CT molecular complexity index is 756. The number of carboxylic acids is 1. The molecule has 0 aromatic carbocycles. The van der Waals surface area contributed by atoms with E-state index in [4.69, 9.17) is 19.9 Å². The number of nitrogens with two attached hydrogens (primary N) is 1. The maximum atomic E-state index is 11.6. The fourth-order valence-electron chi connectivity index (χ4n) is 4.00. The molecule has 34 heavy (non-hydrogen) atoms. The van der Waals surface area contributed by atoms with Crippen LogP contribution < -0.4 is 16.4 Å². The van der Waals surface area contributed by atoms with Crippen LogP contribution >= 0.6 is 0 Å². The Kier molecular flexibility index (Phi) is 9.31. The Labute approximate surface area is 194 Å². The standard InChI is InChI=1S/C19H33N3O12/c1-6(32-17-13(22-8(3)25)15(28)14(27)10(5-23)33-17)11(20)16-12(21-7(2)24)9(26)4-19(31,34-16)18(29)30/h6,9-17,23,26-28,31H,4-5,20H2,1-3H3,(H,21,24)(H,22,25)(H,29,30)/t6-,9+,10+,11+,12+,13+,14+,15+,16+,17-,19?/m0/s1. The summed E-state index contributed by atoms with van der Waals surface area (Å²) in [6.07, 6.45) is -10.7. The highest BCUT2D eigenvalue weighted by molar-refractivity contribution is 5.76. The zero-order valence-electron chi connectivity index (χ0n) is 18.9. The highest BCUT2D eigenvalue weighted by atomic mass is 16.7. The van der Waals surface area contributed by atoms with Crippen LogP contribution in [0.15, 0.2) is 0 Å². The number of hydrogen-bond donors (Lipinski definition) is 9. The van der Waals surface area contributed by atoms with E-state index >= 15 is 0 Å². The van der Waals surface area contributed by atoms with Crippen molar-refractivity contribution in [1.29, 1.82) is 0 Å². The van der Waals surface area contributed by atoms with E-state index in [-0.39, 0.29) is 0 Å². The monoisotopic (exact) mass is 495 g/mol. The molecule has 0 aromatic rings. The largest absolute Gasteiger partial charge is 0.477 e. The molecular weight excluding hydrogens is 462 g/mol. The molecule has 2 saturated heterocycles. The Morgan fingerprint density at radius 2 is 1.68 bits per heavy atom. The van der Waals surface area contributed by atoms with Gasteiger partial charge in [0.15, 0.2) is 6.29 Å². The number of rotatable bonds is 8. The summed E-state index contributed by atoms with van der Waals surface area (Å²) in [5.74, 6) is -5.73. The van der Waals surface area contributed by atoms with Crippen LogP contribution in [0.2, 0.25) is 0 Å². The van der Waals surface area contributed by atoms with Crippen molar-refractivity contribution in [2.75, 3.05) is 6.61 Å². The Balaban J connectivity index is 2.28. The molecule has 15 heteroatoms. The van der Waals surface area contributed by atoms with Gasteiger partial charge in [-0.1, -0.05) is 0 Å². The normalized spacial score (nSPS) is 40.1. The van der Waals surface area contributed by atoms with E-state index in [9.17, 15) is 45.0 Å². The van der Waals surface area contributed by atoms with Crippen LogP contribution in [0.5, 0.6) is 0 Å². The Hall–Kier alpha value is -1.95. The van der Waals surface area contributed by atoms with Gasteiger partial charge in [0.1, 0.15) is 30.5 Å². The van der Waals surface area contributed by atoms with Crippen molar-refractivity contribution >= 4 is 17.8 Å². The minimum atomic E-state index is -2.79. The first-order valence-electron chi connectivity index (χ1n) is 10.6. The minimum absolute atomic E-state index is 0.580. The van der Waals surface area contributed by atoms with E-state index < -0.39 is 97.6 Å². The smallest absolute Gasteiger partial charge is 0.364 e. The molecule has 0 aliphatic carbocycles. The molecule has 0 spiro atoms. The van der Waals surface area contributed by atoms with Crippen molar-refractivity contribution in [2.24, 2.45) is 5.73 Å². The van der Waals surface area contributed by atoms with E-state index in [2.05, 4.69) is 10.6 Å². The second kappa shape index (κ2) is 11.2. The van der Waals surface area contributed by atoms with Crippen molar-refractivity contribution in [3.8, 4) is 0 Å². The fourth-order valence-corrected chi connectivity index (χ4v) is 4.00. The predicted molar refractivity (Wildman–Crippen MR) is 110 cm³/mol. The molecule has 1 unspecified atom stereocenters. The van der Waals surface area contributed by atoms with Gasteiger partial charge in [-0.25, -0.2) is 4.79 Å². The number of ether oxygens (including phenoxy) is 3. The molecule has 11 atom stereocenters. The van der Waals surface area contributed by atoms with Gasteiger partial charge >= 0.3 is 5.97 Å². The molecule has 2 amide bonds. The van der Waals surface area contributed by atoms with Gasteiger partial charge in [-0.3, -0.25) is 9.59 Å². The summed E-state index contributed by atoms with van der Waals surface area (Å²) in [5.41, 5.74) is 6.21. The molecule has 2 aliphatic rings. The number of carboxylic acid groups (broad SMARTS) is 1. The average molecular weight is 495 g/mol. The lowest BCUT2D eigenvalue weighted by atomic mass is 9.88. The number of aliphatic carboxylic acids is 1. The lowest BCUT2D eigenvalue weighted by molar-refractivity contribution is -0.299. The third kappa shape index (κ3) is 6.18. The van der Waals surface area contributed by atoms with Crippen molar-refractivity contribution < 1.29 is 59.2 Å². The molecule has 0 radical (unpaired) electrons. The van der Waals surface area contributed by atoms with Crippen LogP contribution in [-0.4, -0.2) is 122 Å². The minimum Gasteiger partial charge on any atom is -0.477 e. The molecule has 10 N–H and O–H groups in total. The highest BCUT2D eigenvalue weighted by Crippen LogP contribution is 2.31. The van der Waals surface area contributed by atoms with E-state index in [0.29, 0.717) is 0 Å². The number of aliphatic hydroxyl groups excluding tert-OH is 4. The number of aliphatic hydroxyl groups is 5. The Morgan fingerprint density at radius 1 is 1.12 bits per heavy atom. The number of carbonyl (C=O) groups is 3. The second-order valence-electron chi connectivity index (χ2n) is 8.52. The van der Waals surface area contributed by atoms with Crippen molar-refractivity contribution in [3.05, 3.63) is 0 Å². The van der Waals surface area contributed by atoms with Crippen LogP contribution in [0.4, 0.5) is 0 Å². The summed E-state index contributed by atoms with van der Waals surface area (Å²) in [6.45, 7) is 3.03. The molecule has 2 heterocycles. The Morgan fingerprint density at radius 3 is 2.18 bits per heavy atom. The number of amides is 2. The SMILES string of the molecule is CC(=O)N[C@H]1[C@@H](O[C@@H](C)[C@@H](N)[C@H]2OC(O)(C(=O)O)C[C@@H](O)[C@H]2NC(C)=O)O[C@H](CO)[C@@H](O)[C@@H]1O. The first-order chi connectivity index (χ1) is 15.7. The molecular formula is C19H33N3O12. The van der Waals surface area contributed by atoms with E-state index in [1.807, 2.05) is 0 Å². The van der Waals surface area contributed by atoms with Gasteiger partial charge in [0.25, 0.3) is 5.79 Å². The van der Waals surface area contributed by atoms with E-state index in [1.165, 1.54) is 6.92 Å². The first kappa shape index (κ1) is 28.3. The summed E-state index contributed by atoms with van der Waals surface area (Å²) < 4.78 is 16.5. The highest BCUT2D eigenvalue weighted by Gasteiger charge is 2.54. The van der Waals surface area contributed by atoms with Gasteiger partial charge in [0.05, 0.1) is 30.9 Å². The molecule has 2 aliphatic heterocycles. The van der Waals surface area contributed by atoms with Gasteiger partial charge in [0, 0.05) is 20.3 Å². The molecule has 2 rings (SSSR count). The lowest BCUT2D eigenvalue weighted by Crippen LogP contribution is -2.69. The molecule has 0 saturated carbocycles.